The third-order valence-electron chi connectivity index (χ3n) is 7.26. The number of rotatable bonds is 9. The van der Waals surface area contributed by atoms with Gasteiger partial charge in [-0.25, -0.2) is 14.4 Å². The summed E-state index contributed by atoms with van der Waals surface area (Å²) in [6, 6.07) is 10.9. The monoisotopic (exact) mass is 558 g/mol. The van der Waals surface area contributed by atoms with Crippen molar-refractivity contribution < 1.29 is 27.1 Å². The van der Waals surface area contributed by atoms with Crippen LogP contribution in [0.4, 0.5) is 40.6 Å². The van der Waals surface area contributed by atoms with Gasteiger partial charge in [0.25, 0.3) is 0 Å². The van der Waals surface area contributed by atoms with E-state index in [1.807, 2.05) is 18.2 Å². The van der Waals surface area contributed by atoms with Crippen molar-refractivity contribution in [3.8, 4) is 5.75 Å². The van der Waals surface area contributed by atoms with E-state index < -0.39 is 11.7 Å². The maximum absolute atomic E-state index is 13.8. The van der Waals surface area contributed by atoms with E-state index in [0.717, 1.165) is 49.2 Å². The molecule has 12 heteroatoms. The van der Waals surface area contributed by atoms with Crippen molar-refractivity contribution in [3.63, 3.8) is 0 Å². The minimum atomic E-state index is -4.61. The van der Waals surface area contributed by atoms with Crippen LogP contribution < -0.4 is 20.3 Å². The van der Waals surface area contributed by atoms with E-state index in [1.165, 1.54) is 7.11 Å². The molecular weight excluding hydrogens is 528 g/mol. The molecule has 3 heterocycles. The van der Waals surface area contributed by atoms with E-state index in [2.05, 4.69) is 30.4 Å². The smallest absolute Gasteiger partial charge is 0.419 e. The largest absolute Gasteiger partial charge is 0.494 e. The summed E-state index contributed by atoms with van der Waals surface area (Å²) in [7, 11) is 1.51. The lowest BCUT2D eigenvalue weighted by molar-refractivity contribution is -0.138. The summed E-state index contributed by atoms with van der Waals surface area (Å²) in [5, 5.41) is 5.77. The van der Waals surface area contributed by atoms with Gasteiger partial charge in [0.2, 0.25) is 11.9 Å². The van der Waals surface area contributed by atoms with E-state index in [0.29, 0.717) is 23.7 Å². The summed E-state index contributed by atoms with van der Waals surface area (Å²) in [6.07, 6.45) is -3.31. The highest BCUT2D eigenvalue weighted by molar-refractivity contribution is 5.99. The van der Waals surface area contributed by atoms with Crippen LogP contribution in [0.2, 0.25) is 0 Å². The van der Waals surface area contributed by atoms with Crippen molar-refractivity contribution >= 4 is 28.9 Å². The van der Waals surface area contributed by atoms with Crippen LogP contribution in [0.25, 0.3) is 0 Å². The molecule has 0 atom stereocenters. The van der Waals surface area contributed by atoms with Crippen LogP contribution >= 0.6 is 0 Å². The second kappa shape index (κ2) is 11.7. The van der Waals surface area contributed by atoms with Crippen LogP contribution in [0.5, 0.6) is 5.75 Å². The molecule has 0 unspecified atom stereocenters. The molecule has 1 amide bonds. The molecule has 0 saturated carbocycles. The number of piperazine rings is 1. The average Bonchev–Trinajstić information content (AvgIpc) is 3.33. The van der Waals surface area contributed by atoms with Crippen molar-refractivity contribution in [2.24, 2.45) is 0 Å². The lowest BCUT2D eigenvalue weighted by Gasteiger charge is -2.35. The zero-order valence-corrected chi connectivity index (χ0v) is 22.0. The SMILES string of the molecule is COc1cc(N2CCN(CCF)CC2)ccc1Nc1ncc(C(F)(F)F)c(CCc2cccc3c2CC(=O)N3)n1. The van der Waals surface area contributed by atoms with Gasteiger partial charge in [-0.3, -0.25) is 9.69 Å². The Balaban J connectivity index is 1.34. The fourth-order valence-corrected chi connectivity index (χ4v) is 5.16. The Labute approximate surface area is 229 Å². The Hall–Kier alpha value is -3.93. The maximum Gasteiger partial charge on any atom is 0.419 e. The van der Waals surface area contributed by atoms with Gasteiger partial charge in [0.15, 0.2) is 0 Å². The molecule has 0 aliphatic carbocycles. The molecule has 2 N–H and O–H groups in total. The van der Waals surface area contributed by atoms with Gasteiger partial charge in [-0.2, -0.15) is 13.2 Å². The highest BCUT2D eigenvalue weighted by Gasteiger charge is 2.35. The van der Waals surface area contributed by atoms with Gasteiger partial charge in [-0.05, 0) is 42.2 Å². The van der Waals surface area contributed by atoms with Gasteiger partial charge < -0.3 is 20.3 Å². The molecule has 212 valence electrons. The third-order valence-corrected chi connectivity index (χ3v) is 7.26. The normalized spacial score (nSPS) is 15.6. The average molecular weight is 559 g/mol. The first kappa shape index (κ1) is 27.6. The van der Waals surface area contributed by atoms with Gasteiger partial charge in [0, 0.05) is 56.4 Å². The molecule has 1 saturated heterocycles. The molecule has 3 aromatic rings. The number of alkyl halides is 4. The maximum atomic E-state index is 13.8. The Kier molecular flexibility index (Phi) is 8.06. The number of benzene rings is 2. The molecule has 8 nitrogen and oxygen atoms in total. The number of nitrogens with one attached hydrogen (secondary N) is 2. The Morgan fingerprint density at radius 2 is 1.90 bits per heavy atom. The summed E-state index contributed by atoms with van der Waals surface area (Å²) in [5.41, 5.74) is 2.72. The molecule has 0 bridgehead atoms. The van der Waals surface area contributed by atoms with Crippen LogP contribution in [-0.2, 0) is 30.2 Å². The van der Waals surface area contributed by atoms with Crippen LogP contribution in [0.1, 0.15) is 22.4 Å². The van der Waals surface area contributed by atoms with Crippen LogP contribution in [0, 0.1) is 0 Å². The standard InChI is InChI=1S/C28H30F4N6O2/c1-40-25-15-19(38-13-11-37(10-9-29)12-14-38)6-8-24(25)36-27-33-17-21(28(30,31)32)23(35-27)7-5-18-3-2-4-22-20(18)16-26(39)34-22/h2-4,6,8,15,17H,5,7,9-14,16H2,1H3,(H,34,39)(H,33,35,36). The summed E-state index contributed by atoms with van der Waals surface area (Å²) in [6.45, 7) is 3.07. The molecule has 1 fully saturated rings. The fraction of sp³-hybridized carbons (Fsp3) is 0.393. The Bertz CT molecular complexity index is 1380. The van der Waals surface area contributed by atoms with E-state index >= 15 is 0 Å². The van der Waals surface area contributed by atoms with Crippen molar-refractivity contribution in [1.29, 1.82) is 0 Å². The first-order chi connectivity index (χ1) is 19.2. The number of carbonyl (C=O) groups excluding carboxylic acids is 1. The number of carbonyl (C=O) groups is 1. The number of methoxy groups -OCH3 is 1. The fourth-order valence-electron chi connectivity index (χ4n) is 5.16. The molecule has 5 rings (SSSR count). The number of hydrogen-bond donors (Lipinski definition) is 2. The van der Waals surface area contributed by atoms with E-state index in [-0.39, 0.29) is 43.5 Å². The molecule has 1 aromatic heterocycles. The van der Waals surface area contributed by atoms with Gasteiger partial charge in [0.1, 0.15) is 12.4 Å². The molecular formula is C28H30F4N6O2. The van der Waals surface area contributed by atoms with Crippen molar-refractivity contribution in [2.45, 2.75) is 25.4 Å². The first-order valence-corrected chi connectivity index (χ1v) is 13.1. The number of ether oxygens (including phenoxy) is 1. The summed E-state index contributed by atoms with van der Waals surface area (Å²) >= 11 is 0. The Morgan fingerprint density at radius 3 is 2.62 bits per heavy atom. The van der Waals surface area contributed by atoms with Gasteiger partial charge in [-0.1, -0.05) is 12.1 Å². The van der Waals surface area contributed by atoms with E-state index in [1.54, 1.807) is 18.2 Å². The minimum absolute atomic E-state index is 0.0150. The second-order valence-corrected chi connectivity index (χ2v) is 9.75. The van der Waals surface area contributed by atoms with Gasteiger partial charge in [0.05, 0.1) is 30.5 Å². The lowest BCUT2D eigenvalue weighted by atomic mass is 9.98. The van der Waals surface area contributed by atoms with E-state index in [9.17, 15) is 22.4 Å². The molecule has 2 aliphatic rings. The highest BCUT2D eigenvalue weighted by Crippen LogP contribution is 2.35. The van der Waals surface area contributed by atoms with Gasteiger partial charge >= 0.3 is 6.18 Å². The number of nitrogens with zero attached hydrogens (tertiary/aromatic N) is 4. The summed E-state index contributed by atoms with van der Waals surface area (Å²) < 4.78 is 59.6. The number of halogens is 4. The van der Waals surface area contributed by atoms with Crippen LogP contribution in [0.15, 0.2) is 42.6 Å². The molecule has 2 aromatic carbocycles. The second-order valence-electron chi connectivity index (χ2n) is 9.75. The van der Waals surface area contributed by atoms with E-state index in [4.69, 9.17) is 4.74 Å². The highest BCUT2D eigenvalue weighted by atomic mass is 19.4. The zero-order chi connectivity index (χ0) is 28.3. The predicted octanol–water partition coefficient (Wildman–Crippen LogP) is 4.62. The number of fused-ring (bicyclic) bond motifs is 1. The van der Waals surface area contributed by atoms with Crippen LogP contribution in [0.3, 0.4) is 0 Å². The number of aromatic nitrogens is 2. The quantitative estimate of drug-likeness (QED) is 0.371. The zero-order valence-electron chi connectivity index (χ0n) is 22.0. The number of amides is 1. The molecule has 2 aliphatic heterocycles. The molecule has 0 spiro atoms. The number of hydrogen-bond acceptors (Lipinski definition) is 7. The predicted molar refractivity (Wildman–Crippen MR) is 144 cm³/mol. The lowest BCUT2D eigenvalue weighted by Crippen LogP contribution is -2.47. The summed E-state index contributed by atoms with van der Waals surface area (Å²) in [5.74, 6) is 0.376. The van der Waals surface area contributed by atoms with Crippen LogP contribution in [-0.4, -0.2) is 67.3 Å². The van der Waals surface area contributed by atoms with Crippen molar-refractivity contribution in [3.05, 3.63) is 65.0 Å². The molecule has 0 radical (unpaired) electrons. The molecule has 40 heavy (non-hydrogen) atoms. The first-order valence-electron chi connectivity index (χ1n) is 13.1. The minimum Gasteiger partial charge on any atom is -0.494 e. The van der Waals surface area contributed by atoms with Crippen molar-refractivity contribution in [1.82, 2.24) is 14.9 Å². The third kappa shape index (κ3) is 6.11. The number of anilines is 4. The summed E-state index contributed by atoms with van der Waals surface area (Å²) in [4.78, 5) is 24.2. The van der Waals surface area contributed by atoms with Crippen molar-refractivity contribution in [2.75, 3.05) is 62.0 Å². The Morgan fingerprint density at radius 1 is 1.10 bits per heavy atom. The number of aryl methyl sites for hydroxylation is 2. The van der Waals surface area contributed by atoms with Gasteiger partial charge in [-0.15, -0.1) is 0 Å². The topological polar surface area (TPSA) is 82.6 Å².